The Morgan fingerprint density at radius 2 is 2.00 bits per heavy atom. The van der Waals surface area contributed by atoms with E-state index in [9.17, 15) is 4.79 Å². The van der Waals surface area contributed by atoms with Gasteiger partial charge in [-0.2, -0.15) is 0 Å². The van der Waals surface area contributed by atoms with E-state index in [2.05, 4.69) is 34.4 Å². The van der Waals surface area contributed by atoms with Crippen LogP contribution in [0.4, 0.5) is 11.6 Å². The van der Waals surface area contributed by atoms with Gasteiger partial charge in [-0.3, -0.25) is 4.79 Å². The van der Waals surface area contributed by atoms with Crippen LogP contribution in [0.5, 0.6) is 0 Å². The summed E-state index contributed by atoms with van der Waals surface area (Å²) in [4.78, 5) is 20.0. The smallest absolute Gasteiger partial charge is 0.248 e. The summed E-state index contributed by atoms with van der Waals surface area (Å²) in [7, 11) is 0. The number of nitrogens with zero attached hydrogens (tertiary/aromatic N) is 2. The molecule has 152 valence electrons. The first kappa shape index (κ1) is 21.6. The molecule has 0 bridgehead atoms. The number of amides is 1. The third-order valence-electron chi connectivity index (χ3n) is 4.62. The molecule has 0 aliphatic carbocycles. The number of pyridine rings is 2. The molecule has 1 fully saturated rings. The average Bonchev–Trinajstić information content (AvgIpc) is 3.27. The lowest BCUT2D eigenvalue weighted by molar-refractivity contribution is 0.100. The molecule has 0 saturated carbocycles. The Morgan fingerprint density at radius 1 is 1.25 bits per heavy atom. The summed E-state index contributed by atoms with van der Waals surface area (Å²) in [6.45, 7) is 6.81. The summed E-state index contributed by atoms with van der Waals surface area (Å²) < 4.78 is 0. The quantitative estimate of drug-likeness (QED) is 0.582. The summed E-state index contributed by atoms with van der Waals surface area (Å²) in [5.74, 6) is 0.523. The Morgan fingerprint density at radius 3 is 2.57 bits per heavy atom. The number of carbonyl (C=O) groups excluding carboxylic acids is 1. The minimum atomic E-state index is -0.526. The van der Waals surface area contributed by atoms with Crippen molar-refractivity contribution in [1.29, 1.82) is 0 Å². The van der Waals surface area contributed by atoms with Crippen LogP contribution < -0.4 is 22.1 Å². The molecule has 1 unspecified atom stereocenters. The molecule has 0 radical (unpaired) electrons. The van der Waals surface area contributed by atoms with Crippen LogP contribution in [0, 0.1) is 0 Å². The van der Waals surface area contributed by atoms with Gasteiger partial charge in [-0.25, -0.2) is 9.97 Å². The first-order valence-electron chi connectivity index (χ1n) is 10.0. The zero-order chi connectivity index (χ0) is 20.4. The Kier molecular flexibility index (Phi) is 8.68. The average molecular weight is 385 g/mol. The van der Waals surface area contributed by atoms with E-state index >= 15 is 0 Å². The van der Waals surface area contributed by atoms with Gasteiger partial charge in [-0.1, -0.05) is 20.3 Å². The number of carbonyl (C=O) groups is 1. The highest BCUT2D eigenvalue weighted by atomic mass is 16.1. The Labute approximate surface area is 167 Å². The van der Waals surface area contributed by atoms with Crippen LogP contribution in [0.1, 0.15) is 56.3 Å². The molecule has 1 saturated heterocycles. The van der Waals surface area contributed by atoms with Gasteiger partial charge in [0.05, 0.1) is 5.69 Å². The van der Waals surface area contributed by atoms with E-state index in [1.165, 1.54) is 32.0 Å². The highest BCUT2D eigenvalue weighted by molar-refractivity contribution is 5.94. The van der Waals surface area contributed by atoms with Gasteiger partial charge in [0.2, 0.25) is 5.91 Å². The predicted molar refractivity (Wildman–Crippen MR) is 115 cm³/mol. The number of hydrogen-bond donors (Lipinski definition) is 4. The molecular weight excluding hydrogens is 352 g/mol. The molecule has 1 aliphatic heterocycles. The van der Waals surface area contributed by atoms with Gasteiger partial charge in [-0.15, -0.1) is 0 Å². The molecule has 2 aromatic rings. The molecule has 3 rings (SSSR count). The molecule has 2 aromatic heterocycles. The van der Waals surface area contributed by atoms with Crippen LogP contribution in [0.25, 0.3) is 11.3 Å². The first-order valence-corrected chi connectivity index (χ1v) is 10.0. The van der Waals surface area contributed by atoms with Crippen molar-refractivity contribution in [3.05, 3.63) is 36.0 Å². The van der Waals surface area contributed by atoms with Crippen molar-refractivity contribution >= 4 is 17.5 Å². The van der Waals surface area contributed by atoms with Gasteiger partial charge < -0.3 is 22.1 Å². The third kappa shape index (κ3) is 6.81. The standard InChI is InChI=1S/C17H23N5O.C4H9N/c1-3-5-13(4-2)21-16-10-11(6-7-20-16)14-8-12(17(19)23)9-15(18)22-14;1-2-4-5-3-1/h6-10,13H,3-5H2,1-2H3,(H2,18,22)(H2,19,23)(H,20,21);5H,1-4H2. The normalized spacial score (nSPS) is 14.1. The number of nitrogens with one attached hydrogen (secondary N) is 2. The van der Waals surface area contributed by atoms with E-state index in [0.717, 1.165) is 30.6 Å². The van der Waals surface area contributed by atoms with Gasteiger partial charge in [0.15, 0.2) is 0 Å². The Balaban J connectivity index is 0.000000485. The highest BCUT2D eigenvalue weighted by Gasteiger charge is 2.10. The molecule has 7 heteroatoms. The number of nitrogens with two attached hydrogens (primary N) is 2. The lowest BCUT2D eigenvalue weighted by atomic mass is 10.1. The number of hydrogen-bond acceptors (Lipinski definition) is 6. The van der Waals surface area contributed by atoms with Crippen LogP contribution in [-0.4, -0.2) is 35.0 Å². The summed E-state index contributed by atoms with van der Waals surface area (Å²) >= 11 is 0. The second kappa shape index (κ2) is 11.2. The number of primary amides is 1. The highest BCUT2D eigenvalue weighted by Crippen LogP contribution is 2.22. The van der Waals surface area contributed by atoms with Crippen molar-refractivity contribution in [3.8, 4) is 11.3 Å². The summed E-state index contributed by atoms with van der Waals surface area (Å²) in [5, 5.41) is 6.65. The van der Waals surface area contributed by atoms with Crippen molar-refractivity contribution in [2.75, 3.05) is 24.1 Å². The largest absolute Gasteiger partial charge is 0.384 e. The maximum atomic E-state index is 11.4. The van der Waals surface area contributed by atoms with Crippen LogP contribution in [0.15, 0.2) is 30.5 Å². The summed E-state index contributed by atoms with van der Waals surface area (Å²) in [6.07, 6.45) is 7.72. The van der Waals surface area contributed by atoms with Crippen molar-refractivity contribution in [2.45, 2.75) is 52.0 Å². The minimum absolute atomic E-state index is 0.264. The molecule has 1 amide bonds. The molecule has 6 N–H and O–H groups in total. The number of nitrogen functional groups attached to an aromatic ring is 1. The molecule has 0 aromatic carbocycles. The fourth-order valence-electron chi connectivity index (χ4n) is 3.07. The van der Waals surface area contributed by atoms with Crippen LogP contribution in [0.2, 0.25) is 0 Å². The number of anilines is 2. The van der Waals surface area contributed by atoms with Crippen LogP contribution in [0.3, 0.4) is 0 Å². The molecule has 28 heavy (non-hydrogen) atoms. The number of aromatic nitrogens is 2. The first-order chi connectivity index (χ1) is 13.5. The molecular formula is C21H32N6O. The van der Waals surface area contributed by atoms with E-state index in [1.54, 1.807) is 12.3 Å². The van der Waals surface area contributed by atoms with Gasteiger partial charge in [0.1, 0.15) is 11.6 Å². The van der Waals surface area contributed by atoms with Crippen LogP contribution in [-0.2, 0) is 0 Å². The molecule has 3 heterocycles. The minimum Gasteiger partial charge on any atom is -0.384 e. The van der Waals surface area contributed by atoms with Crippen molar-refractivity contribution in [1.82, 2.24) is 15.3 Å². The van der Waals surface area contributed by atoms with E-state index in [-0.39, 0.29) is 5.82 Å². The monoisotopic (exact) mass is 384 g/mol. The fourth-order valence-corrected chi connectivity index (χ4v) is 3.07. The molecule has 7 nitrogen and oxygen atoms in total. The Hall–Kier alpha value is -2.67. The molecule has 1 aliphatic rings. The summed E-state index contributed by atoms with van der Waals surface area (Å²) in [5.41, 5.74) is 12.9. The lowest BCUT2D eigenvalue weighted by Gasteiger charge is -2.17. The van der Waals surface area contributed by atoms with Crippen LogP contribution >= 0.6 is 0 Å². The van der Waals surface area contributed by atoms with Gasteiger partial charge >= 0.3 is 0 Å². The topological polar surface area (TPSA) is 119 Å². The third-order valence-corrected chi connectivity index (χ3v) is 4.62. The molecule has 1 atom stereocenters. The maximum Gasteiger partial charge on any atom is 0.248 e. The lowest BCUT2D eigenvalue weighted by Crippen LogP contribution is -2.18. The van der Waals surface area contributed by atoms with E-state index < -0.39 is 5.91 Å². The second-order valence-electron chi connectivity index (χ2n) is 6.96. The van der Waals surface area contributed by atoms with E-state index in [4.69, 9.17) is 11.5 Å². The second-order valence-corrected chi connectivity index (χ2v) is 6.96. The molecule has 0 spiro atoms. The fraction of sp³-hybridized carbons (Fsp3) is 0.476. The zero-order valence-electron chi connectivity index (χ0n) is 16.9. The Bertz CT molecular complexity index is 753. The van der Waals surface area contributed by atoms with E-state index in [1.807, 2.05) is 12.1 Å². The van der Waals surface area contributed by atoms with Gasteiger partial charge in [0.25, 0.3) is 0 Å². The predicted octanol–water partition coefficient (Wildman–Crippen LogP) is 3.19. The van der Waals surface area contributed by atoms with Crippen molar-refractivity contribution < 1.29 is 4.79 Å². The number of rotatable bonds is 7. The SMILES string of the molecule is C1CCNC1.CCCC(CC)Nc1cc(-c2cc(C(N)=O)cc(N)n2)ccn1. The van der Waals surface area contributed by atoms with E-state index in [0.29, 0.717) is 17.3 Å². The van der Waals surface area contributed by atoms with Gasteiger partial charge in [-0.05, 0) is 63.0 Å². The maximum absolute atomic E-state index is 11.4. The van der Waals surface area contributed by atoms with Crippen molar-refractivity contribution in [3.63, 3.8) is 0 Å². The van der Waals surface area contributed by atoms with Gasteiger partial charge in [0, 0.05) is 23.4 Å². The summed E-state index contributed by atoms with van der Waals surface area (Å²) in [6, 6.07) is 7.24. The van der Waals surface area contributed by atoms with Crippen molar-refractivity contribution in [2.24, 2.45) is 5.73 Å². The zero-order valence-corrected chi connectivity index (χ0v) is 16.9.